The highest BCUT2D eigenvalue weighted by Crippen LogP contribution is 2.30. The summed E-state index contributed by atoms with van der Waals surface area (Å²) in [5, 5.41) is 8.67. The van der Waals surface area contributed by atoms with Gasteiger partial charge in [-0.15, -0.1) is 0 Å². The van der Waals surface area contributed by atoms with E-state index in [9.17, 15) is 18.0 Å². The molecule has 0 aliphatic rings. The van der Waals surface area contributed by atoms with Crippen molar-refractivity contribution >= 4 is 12.0 Å². The number of alkyl halides is 3. The fourth-order valence-electron chi connectivity index (χ4n) is 1.31. The lowest BCUT2D eigenvalue weighted by Gasteiger charge is -2.09. The first-order chi connectivity index (χ1) is 7.71. The fraction of sp³-hybridized carbons (Fsp3) is 0.250. The Kier molecular flexibility index (Phi) is 3.60. The van der Waals surface area contributed by atoms with Gasteiger partial charge < -0.3 is 5.11 Å². The van der Waals surface area contributed by atoms with Crippen molar-refractivity contribution in [2.75, 3.05) is 0 Å². The number of carboxylic acids is 1. The van der Waals surface area contributed by atoms with E-state index in [1.54, 1.807) is 0 Å². The van der Waals surface area contributed by atoms with Gasteiger partial charge in [0.2, 0.25) is 0 Å². The van der Waals surface area contributed by atoms with Crippen molar-refractivity contribution in [3.05, 3.63) is 40.5 Å². The molecule has 0 amide bonds. The molecule has 2 nitrogen and oxygen atoms in total. The Bertz CT molecular complexity index is 473. The number of carboxylic acid groups (broad SMARTS) is 1. The number of hydrogen-bond acceptors (Lipinski definition) is 1. The Morgan fingerprint density at radius 3 is 2.35 bits per heavy atom. The molecular weight excluding hydrogens is 233 g/mol. The third-order valence-corrected chi connectivity index (χ3v) is 2.31. The van der Waals surface area contributed by atoms with E-state index in [1.807, 2.05) is 0 Å². The molecule has 0 spiro atoms. The van der Waals surface area contributed by atoms with E-state index in [4.69, 9.17) is 5.11 Å². The Morgan fingerprint density at radius 2 is 1.94 bits per heavy atom. The normalized spacial score (nSPS) is 12.6. The molecule has 17 heavy (non-hydrogen) atoms. The van der Waals surface area contributed by atoms with Crippen molar-refractivity contribution in [1.29, 1.82) is 0 Å². The number of aryl methyl sites for hydroxylation is 1. The first-order valence-electron chi connectivity index (χ1n) is 4.81. The molecule has 1 N–H and O–H groups in total. The minimum absolute atomic E-state index is 0.0767. The maximum atomic E-state index is 12.4. The van der Waals surface area contributed by atoms with E-state index in [1.165, 1.54) is 26.0 Å². The van der Waals surface area contributed by atoms with Crippen LogP contribution in [0.15, 0.2) is 23.8 Å². The van der Waals surface area contributed by atoms with Crippen molar-refractivity contribution in [3.8, 4) is 0 Å². The molecule has 1 aromatic rings. The van der Waals surface area contributed by atoms with Gasteiger partial charge in [-0.05, 0) is 43.2 Å². The molecule has 0 heterocycles. The minimum atomic E-state index is -4.38. The van der Waals surface area contributed by atoms with Crippen LogP contribution in [0.25, 0.3) is 6.08 Å². The second-order valence-electron chi connectivity index (χ2n) is 3.70. The van der Waals surface area contributed by atoms with Crippen molar-refractivity contribution < 1.29 is 23.1 Å². The van der Waals surface area contributed by atoms with E-state index in [0.717, 1.165) is 12.1 Å². The number of aliphatic carboxylic acids is 1. The average Bonchev–Trinajstić information content (AvgIpc) is 2.19. The molecule has 0 aromatic heterocycles. The lowest BCUT2D eigenvalue weighted by molar-refractivity contribution is -0.137. The Labute approximate surface area is 96.4 Å². The largest absolute Gasteiger partial charge is 0.478 e. The van der Waals surface area contributed by atoms with Crippen molar-refractivity contribution in [2.24, 2.45) is 0 Å². The van der Waals surface area contributed by atoms with E-state index >= 15 is 0 Å². The Balaban J connectivity index is 3.15. The van der Waals surface area contributed by atoms with Crippen molar-refractivity contribution in [1.82, 2.24) is 0 Å². The topological polar surface area (TPSA) is 37.3 Å². The molecular formula is C12H11F3O2. The Morgan fingerprint density at radius 1 is 1.35 bits per heavy atom. The maximum absolute atomic E-state index is 12.4. The van der Waals surface area contributed by atoms with Crippen LogP contribution >= 0.6 is 0 Å². The van der Waals surface area contributed by atoms with E-state index in [0.29, 0.717) is 11.1 Å². The van der Waals surface area contributed by atoms with Crippen LogP contribution in [0.4, 0.5) is 13.2 Å². The van der Waals surface area contributed by atoms with Gasteiger partial charge in [0.25, 0.3) is 0 Å². The molecule has 0 bridgehead atoms. The van der Waals surface area contributed by atoms with Gasteiger partial charge in [0.1, 0.15) is 0 Å². The smallest absolute Gasteiger partial charge is 0.416 e. The number of benzene rings is 1. The van der Waals surface area contributed by atoms with Crippen LogP contribution in [0.3, 0.4) is 0 Å². The van der Waals surface area contributed by atoms with Crippen LogP contribution < -0.4 is 0 Å². The summed E-state index contributed by atoms with van der Waals surface area (Å²) in [4.78, 5) is 10.6. The monoisotopic (exact) mass is 244 g/mol. The van der Waals surface area contributed by atoms with Crippen LogP contribution in [-0.2, 0) is 11.0 Å². The van der Waals surface area contributed by atoms with Gasteiger partial charge >= 0.3 is 12.1 Å². The van der Waals surface area contributed by atoms with Gasteiger partial charge in [0.05, 0.1) is 5.56 Å². The predicted octanol–water partition coefficient (Wildman–Crippen LogP) is 3.50. The van der Waals surface area contributed by atoms with Crippen LogP contribution in [0.2, 0.25) is 0 Å². The molecule has 0 fully saturated rings. The van der Waals surface area contributed by atoms with E-state index in [-0.39, 0.29) is 5.57 Å². The lowest BCUT2D eigenvalue weighted by atomic mass is 10.0. The van der Waals surface area contributed by atoms with Gasteiger partial charge in [0, 0.05) is 5.57 Å². The SMILES string of the molecule is C/C(=C\c1ccc(C(F)(F)F)cc1C)C(=O)O. The summed E-state index contributed by atoms with van der Waals surface area (Å²) in [6.07, 6.45) is -3.04. The molecule has 0 aliphatic heterocycles. The number of hydrogen-bond donors (Lipinski definition) is 1. The van der Waals surface area contributed by atoms with E-state index in [2.05, 4.69) is 0 Å². The van der Waals surface area contributed by atoms with Crippen LogP contribution in [-0.4, -0.2) is 11.1 Å². The molecule has 5 heteroatoms. The molecule has 0 saturated carbocycles. The summed E-state index contributed by atoms with van der Waals surface area (Å²) >= 11 is 0. The highest BCUT2D eigenvalue weighted by molar-refractivity contribution is 5.91. The predicted molar refractivity (Wildman–Crippen MR) is 57.5 cm³/mol. The molecule has 0 saturated heterocycles. The second-order valence-corrected chi connectivity index (χ2v) is 3.70. The zero-order valence-electron chi connectivity index (χ0n) is 9.30. The molecule has 92 valence electrons. The van der Waals surface area contributed by atoms with Gasteiger partial charge in [-0.1, -0.05) is 6.07 Å². The highest BCUT2D eigenvalue weighted by Gasteiger charge is 2.30. The average molecular weight is 244 g/mol. The summed E-state index contributed by atoms with van der Waals surface area (Å²) in [6, 6.07) is 3.21. The minimum Gasteiger partial charge on any atom is -0.478 e. The quantitative estimate of drug-likeness (QED) is 0.808. The summed E-state index contributed by atoms with van der Waals surface area (Å²) in [5.41, 5.74) is 0.200. The zero-order valence-corrected chi connectivity index (χ0v) is 9.30. The number of rotatable bonds is 2. The zero-order chi connectivity index (χ0) is 13.2. The molecule has 0 radical (unpaired) electrons. The van der Waals surface area contributed by atoms with Crippen LogP contribution in [0.1, 0.15) is 23.6 Å². The van der Waals surface area contributed by atoms with Gasteiger partial charge in [0.15, 0.2) is 0 Å². The molecule has 1 rings (SSSR count). The highest BCUT2D eigenvalue weighted by atomic mass is 19.4. The molecule has 1 aromatic carbocycles. The molecule has 0 unspecified atom stereocenters. The summed E-state index contributed by atoms with van der Waals surface area (Å²) < 4.78 is 37.1. The van der Waals surface area contributed by atoms with Crippen molar-refractivity contribution in [3.63, 3.8) is 0 Å². The third kappa shape index (κ3) is 3.34. The van der Waals surface area contributed by atoms with Gasteiger partial charge in [-0.2, -0.15) is 13.2 Å². The first-order valence-corrected chi connectivity index (χ1v) is 4.81. The van der Waals surface area contributed by atoms with Crippen LogP contribution in [0.5, 0.6) is 0 Å². The number of carbonyl (C=O) groups is 1. The number of halogens is 3. The fourth-order valence-corrected chi connectivity index (χ4v) is 1.31. The van der Waals surface area contributed by atoms with Crippen molar-refractivity contribution in [2.45, 2.75) is 20.0 Å². The molecule has 0 atom stereocenters. The summed E-state index contributed by atoms with van der Waals surface area (Å²) in [6.45, 7) is 2.90. The second kappa shape index (κ2) is 4.61. The van der Waals surface area contributed by atoms with Gasteiger partial charge in [-0.3, -0.25) is 0 Å². The third-order valence-electron chi connectivity index (χ3n) is 2.31. The van der Waals surface area contributed by atoms with Gasteiger partial charge in [-0.25, -0.2) is 4.79 Å². The molecule has 0 aliphatic carbocycles. The summed E-state index contributed by atoms with van der Waals surface area (Å²) in [5.74, 6) is -1.09. The standard InChI is InChI=1S/C12H11F3O2/c1-7-6-10(12(13,14)15)4-3-9(7)5-8(2)11(16)17/h3-6H,1-2H3,(H,16,17)/b8-5+. The Hall–Kier alpha value is -1.78. The maximum Gasteiger partial charge on any atom is 0.416 e. The first kappa shape index (κ1) is 13.3. The van der Waals surface area contributed by atoms with Crippen LogP contribution in [0, 0.1) is 6.92 Å². The summed E-state index contributed by atoms with van der Waals surface area (Å²) in [7, 11) is 0. The lowest BCUT2D eigenvalue weighted by Crippen LogP contribution is -2.05. The van der Waals surface area contributed by atoms with E-state index < -0.39 is 17.7 Å².